The average molecular weight is 401 g/mol. The molecule has 0 bridgehead atoms. The first-order valence-electron chi connectivity index (χ1n) is 9.45. The minimum Gasteiger partial charge on any atom is -0.494 e. The summed E-state index contributed by atoms with van der Waals surface area (Å²) in [7, 11) is -3.48. The number of fused-ring (bicyclic) bond motifs is 1. The molecule has 1 N–H and O–H groups in total. The van der Waals surface area contributed by atoms with Crippen LogP contribution in [0.3, 0.4) is 0 Å². The molecule has 0 spiro atoms. The zero-order chi connectivity index (χ0) is 19.6. The second-order valence-electron chi connectivity index (χ2n) is 6.79. The first-order valence-corrected chi connectivity index (χ1v) is 10.9. The number of imidazole rings is 1. The summed E-state index contributed by atoms with van der Waals surface area (Å²) in [5.41, 5.74) is 1.98. The Morgan fingerprint density at radius 2 is 1.75 bits per heavy atom. The predicted octanol–water partition coefficient (Wildman–Crippen LogP) is 2.47. The topological polar surface area (TPSA) is 78.5 Å². The molecular weight excluding hydrogens is 376 g/mol. The monoisotopic (exact) mass is 400 g/mol. The van der Waals surface area contributed by atoms with Crippen LogP contribution < -0.4 is 4.74 Å². The van der Waals surface area contributed by atoms with E-state index in [1.54, 1.807) is 28.6 Å². The Hall–Kier alpha value is -2.42. The van der Waals surface area contributed by atoms with E-state index in [2.05, 4.69) is 14.9 Å². The lowest BCUT2D eigenvalue weighted by molar-refractivity contribution is 0.178. The van der Waals surface area contributed by atoms with Crippen molar-refractivity contribution in [2.24, 2.45) is 0 Å². The van der Waals surface area contributed by atoms with Crippen LogP contribution in [0.25, 0.3) is 11.0 Å². The lowest BCUT2D eigenvalue weighted by Gasteiger charge is -2.33. The molecule has 8 heteroatoms. The Kier molecular flexibility index (Phi) is 5.34. The van der Waals surface area contributed by atoms with Gasteiger partial charge in [0.1, 0.15) is 11.6 Å². The fourth-order valence-electron chi connectivity index (χ4n) is 3.44. The molecule has 0 saturated carbocycles. The molecule has 3 aromatic rings. The smallest absolute Gasteiger partial charge is 0.243 e. The van der Waals surface area contributed by atoms with Crippen molar-refractivity contribution in [1.82, 2.24) is 19.2 Å². The van der Waals surface area contributed by atoms with Gasteiger partial charge < -0.3 is 9.72 Å². The number of nitrogens with zero attached hydrogens (tertiary/aromatic N) is 3. The van der Waals surface area contributed by atoms with Crippen LogP contribution in [0.2, 0.25) is 0 Å². The van der Waals surface area contributed by atoms with Crippen LogP contribution in [-0.4, -0.2) is 60.4 Å². The number of benzene rings is 2. The Morgan fingerprint density at radius 3 is 2.43 bits per heavy atom. The maximum atomic E-state index is 12.9. The average Bonchev–Trinajstić information content (AvgIpc) is 3.11. The van der Waals surface area contributed by atoms with Crippen molar-refractivity contribution in [1.29, 1.82) is 0 Å². The molecule has 1 aromatic heterocycles. The minimum absolute atomic E-state index is 0.307. The number of aromatic nitrogens is 2. The number of hydrogen-bond donors (Lipinski definition) is 1. The number of aromatic amines is 1. The number of para-hydroxylation sites is 2. The van der Waals surface area contributed by atoms with E-state index in [9.17, 15) is 8.42 Å². The molecule has 0 radical (unpaired) electrons. The molecule has 148 valence electrons. The third-order valence-corrected chi connectivity index (χ3v) is 6.83. The fourth-order valence-corrected chi connectivity index (χ4v) is 4.87. The molecule has 1 aliphatic rings. The van der Waals surface area contributed by atoms with Crippen molar-refractivity contribution in [3.05, 3.63) is 54.4 Å². The van der Waals surface area contributed by atoms with Gasteiger partial charge in [-0.1, -0.05) is 12.1 Å². The number of piperazine rings is 1. The number of H-pyrrole nitrogens is 1. The van der Waals surface area contributed by atoms with Crippen molar-refractivity contribution in [2.45, 2.75) is 18.4 Å². The van der Waals surface area contributed by atoms with Crippen molar-refractivity contribution >= 4 is 21.1 Å². The van der Waals surface area contributed by atoms with Crippen LogP contribution in [0.5, 0.6) is 5.75 Å². The van der Waals surface area contributed by atoms with Gasteiger partial charge >= 0.3 is 0 Å². The molecular formula is C20H24N4O3S. The highest BCUT2D eigenvalue weighted by Gasteiger charge is 2.28. The first kappa shape index (κ1) is 18.9. The molecule has 0 amide bonds. The number of ether oxygens (including phenoxy) is 1. The quantitative estimate of drug-likeness (QED) is 0.688. The van der Waals surface area contributed by atoms with E-state index >= 15 is 0 Å². The second-order valence-corrected chi connectivity index (χ2v) is 8.72. The lowest BCUT2D eigenvalue weighted by atomic mass is 10.3. The molecule has 2 aromatic carbocycles. The summed E-state index contributed by atoms with van der Waals surface area (Å²) in [6.45, 7) is 5.42. The normalized spacial score (nSPS) is 16.5. The number of hydrogen-bond acceptors (Lipinski definition) is 5. The predicted molar refractivity (Wildman–Crippen MR) is 108 cm³/mol. The summed E-state index contributed by atoms with van der Waals surface area (Å²) in [5, 5.41) is 0. The van der Waals surface area contributed by atoms with Crippen molar-refractivity contribution in [3.63, 3.8) is 0 Å². The largest absolute Gasteiger partial charge is 0.494 e. The van der Waals surface area contributed by atoms with Crippen LogP contribution in [0.4, 0.5) is 0 Å². The zero-order valence-corrected chi connectivity index (χ0v) is 16.7. The van der Waals surface area contributed by atoms with Gasteiger partial charge in [0.15, 0.2) is 0 Å². The van der Waals surface area contributed by atoms with Crippen molar-refractivity contribution in [2.75, 3.05) is 32.8 Å². The molecule has 2 heterocycles. The highest BCUT2D eigenvalue weighted by Crippen LogP contribution is 2.21. The summed E-state index contributed by atoms with van der Waals surface area (Å²) in [6, 6.07) is 14.6. The van der Waals surface area contributed by atoms with Crippen LogP contribution in [0, 0.1) is 0 Å². The second kappa shape index (κ2) is 7.90. The molecule has 1 fully saturated rings. The number of rotatable bonds is 6. The molecule has 0 aliphatic carbocycles. The van der Waals surface area contributed by atoms with E-state index in [1.807, 2.05) is 31.2 Å². The third kappa shape index (κ3) is 3.89. The zero-order valence-electron chi connectivity index (χ0n) is 15.8. The van der Waals surface area contributed by atoms with Gasteiger partial charge in [-0.2, -0.15) is 4.31 Å². The van der Waals surface area contributed by atoms with Gasteiger partial charge in [0.25, 0.3) is 0 Å². The Balaban J connectivity index is 1.38. The molecule has 4 rings (SSSR count). The van der Waals surface area contributed by atoms with E-state index in [0.717, 1.165) is 16.9 Å². The highest BCUT2D eigenvalue weighted by atomic mass is 32.2. The van der Waals surface area contributed by atoms with Crippen molar-refractivity contribution < 1.29 is 13.2 Å². The van der Waals surface area contributed by atoms with Gasteiger partial charge in [-0.15, -0.1) is 0 Å². The summed E-state index contributed by atoms with van der Waals surface area (Å²) >= 11 is 0. The number of sulfonamides is 1. The van der Waals surface area contributed by atoms with Crippen LogP contribution in [0.1, 0.15) is 12.7 Å². The Morgan fingerprint density at radius 1 is 1.04 bits per heavy atom. The summed E-state index contributed by atoms with van der Waals surface area (Å²) < 4.78 is 32.7. The summed E-state index contributed by atoms with van der Waals surface area (Å²) in [6.07, 6.45) is 0. The van der Waals surface area contributed by atoms with Gasteiger partial charge in [-0.25, -0.2) is 13.4 Å². The van der Waals surface area contributed by atoms with Crippen LogP contribution in [-0.2, 0) is 16.6 Å². The molecule has 1 saturated heterocycles. The maximum Gasteiger partial charge on any atom is 0.243 e. The molecule has 28 heavy (non-hydrogen) atoms. The van der Waals surface area contributed by atoms with Gasteiger partial charge in [-0.05, 0) is 43.3 Å². The summed E-state index contributed by atoms with van der Waals surface area (Å²) in [5.74, 6) is 1.58. The lowest BCUT2D eigenvalue weighted by Crippen LogP contribution is -2.48. The molecule has 0 atom stereocenters. The summed E-state index contributed by atoms with van der Waals surface area (Å²) in [4.78, 5) is 10.5. The first-order chi connectivity index (χ1) is 13.6. The van der Waals surface area contributed by atoms with Crippen molar-refractivity contribution in [3.8, 4) is 5.75 Å². The standard InChI is InChI=1S/C20H24N4O3S/c1-2-27-16-7-9-17(10-8-16)28(25,26)24-13-11-23(12-14-24)15-20-21-18-5-3-4-6-19(18)22-20/h3-10H,2,11-15H2,1H3,(H,21,22). The Labute approximate surface area is 165 Å². The van der Waals surface area contributed by atoms with E-state index in [4.69, 9.17) is 4.74 Å². The minimum atomic E-state index is -3.48. The van der Waals surface area contributed by atoms with E-state index in [-0.39, 0.29) is 0 Å². The van der Waals surface area contributed by atoms with E-state index < -0.39 is 10.0 Å². The highest BCUT2D eigenvalue weighted by molar-refractivity contribution is 7.89. The maximum absolute atomic E-state index is 12.9. The van der Waals surface area contributed by atoms with Crippen LogP contribution in [0.15, 0.2) is 53.4 Å². The van der Waals surface area contributed by atoms with Gasteiger partial charge in [0.2, 0.25) is 10.0 Å². The molecule has 1 aliphatic heterocycles. The Bertz CT molecular complexity index is 1010. The third-order valence-electron chi connectivity index (χ3n) is 4.92. The van der Waals surface area contributed by atoms with Crippen LogP contribution >= 0.6 is 0 Å². The number of nitrogens with one attached hydrogen (secondary N) is 1. The molecule has 0 unspecified atom stereocenters. The molecule has 7 nitrogen and oxygen atoms in total. The van der Waals surface area contributed by atoms with Gasteiger partial charge in [-0.3, -0.25) is 4.90 Å². The SMILES string of the molecule is CCOc1ccc(S(=O)(=O)N2CCN(Cc3nc4ccccc4[nH]3)CC2)cc1. The van der Waals surface area contributed by atoms with Gasteiger partial charge in [0, 0.05) is 26.2 Å². The van der Waals surface area contributed by atoms with E-state index in [1.165, 1.54) is 0 Å². The van der Waals surface area contributed by atoms with E-state index in [0.29, 0.717) is 50.0 Å². The van der Waals surface area contributed by atoms with Gasteiger partial charge in [0.05, 0.1) is 29.1 Å². The fraction of sp³-hybridized carbons (Fsp3) is 0.350.